The molecule has 0 heterocycles. The van der Waals surface area contributed by atoms with Gasteiger partial charge in [-0.25, -0.2) is 0 Å². The van der Waals surface area contributed by atoms with Crippen molar-refractivity contribution >= 4 is 0 Å². The van der Waals surface area contributed by atoms with Gasteiger partial charge in [0.1, 0.15) is 0 Å². The molecule has 0 saturated heterocycles. The Morgan fingerprint density at radius 1 is 1.37 bits per heavy atom. The van der Waals surface area contributed by atoms with Gasteiger partial charge < -0.3 is 10.4 Å². The van der Waals surface area contributed by atoms with Crippen molar-refractivity contribution in [2.45, 2.75) is 38.8 Å². The molecule has 2 unspecified atom stereocenters. The number of hydrogen-bond acceptors (Lipinski definition) is 2. The van der Waals surface area contributed by atoms with Gasteiger partial charge in [0, 0.05) is 6.54 Å². The highest BCUT2D eigenvalue weighted by Crippen LogP contribution is 2.28. The van der Waals surface area contributed by atoms with Gasteiger partial charge >= 0.3 is 0 Å². The Hall–Kier alpha value is -1.38. The zero-order chi connectivity index (χ0) is 13.7. The first kappa shape index (κ1) is 14.0. The van der Waals surface area contributed by atoms with E-state index in [-0.39, 0.29) is 12.1 Å². The van der Waals surface area contributed by atoms with Crippen LogP contribution in [0.3, 0.4) is 0 Å². The fourth-order valence-electron chi connectivity index (χ4n) is 2.46. The lowest BCUT2D eigenvalue weighted by Gasteiger charge is -2.24. The Kier molecular flexibility index (Phi) is 4.94. The van der Waals surface area contributed by atoms with Crippen LogP contribution in [0.1, 0.15) is 36.9 Å². The van der Waals surface area contributed by atoms with E-state index in [2.05, 4.69) is 54.7 Å². The van der Waals surface area contributed by atoms with E-state index in [1.807, 2.05) is 6.92 Å². The standard InChI is InChI=1S/C17H23NO/c1-13-7-6-10-16(11-13)17(18-12-14(2)19)15-8-4-3-5-9-15/h3-4,6-8,10-11,14,17-19H,5,9,12H2,1-2H3. The number of nitrogens with one attached hydrogen (secondary N) is 1. The lowest BCUT2D eigenvalue weighted by atomic mass is 9.91. The van der Waals surface area contributed by atoms with Crippen LogP contribution in [-0.4, -0.2) is 17.8 Å². The zero-order valence-electron chi connectivity index (χ0n) is 11.8. The molecular weight excluding hydrogens is 234 g/mol. The van der Waals surface area contributed by atoms with Crippen molar-refractivity contribution in [2.75, 3.05) is 6.54 Å². The number of benzene rings is 1. The van der Waals surface area contributed by atoms with Crippen molar-refractivity contribution in [3.8, 4) is 0 Å². The van der Waals surface area contributed by atoms with Gasteiger partial charge in [0.15, 0.2) is 0 Å². The van der Waals surface area contributed by atoms with E-state index in [9.17, 15) is 5.11 Å². The maximum atomic E-state index is 9.51. The van der Waals surface area contributed by atoms with Gasteiger partial charge in [-0.2, -0.15) is 0 Å². The summed E-state index contributed by atoms with van der Waals surface area (Å²) in [6.45, 7) is 4.54. The minimum Gasteiger partial charge on any atom is -0.392 e. The molecule has 0 aliphatic heterocycles. The van der Waals surface area contributed by atoms with Crippen molar-refractivity contribution in [3.05, 3.63) is 59.2 Å². The van der Waals surface area contributed by atoms with Crippen LogP contribution in [0.15, 0.2) is 48.1 Å². The van der Waals surface area contributed by atoms with Crippen LogP contribution in [-0.2, 0) is 0 Å². The molecule has 0 spiro atoms. The van der Waals surface area contributed by atoms with Crippen molar-refractivity contribution in [2.24, 2.45) is 0 Å². The fraction of sp³-hybridized carbons (Fsp3) is 0.412. The minimum atomic E-state index is -0.327. The first-order valence-electron chi connectivity index (χ1n) is 7.00. The Labute approximate surface area is 115 Å². The SMILES string of the molecule is Cc1cccc(C(NCC(C)O)C2=CC=CCC2)c1. The highest BCUT2D eigenvalue weighted by Gasteiger charge is 2.17. The van der Waals surface area contributed by atoms with Crippen molar-refractivity contribution in [1.29, 1.82) is 0 Å². The van der Waals surface area contributed by atoms with Crippen molar-refractivity contribution < 1.29 is 5.11 Å². The molecule has 0 bridgehead atoms. The number of hydrogen-bond donors (Lipinski definition) is 2. The molecule has 19 heavy (non-hydrogen) atoms. The lowest BCUT2D eigenvalue weighted by Crippen LogP contribution is -2.30. The highest BCUT2D eigenvalue weighted by molar-refractivity contribution is 5.34. The highest BCUT2D eigenvalue weighted by atomic mass is 16.3. The van der Waals surface area contributed by atoms with Crippen LogP contribution in [0.5, 0.6) is 0 Å². The molecule has 1 aromatic rings. The summed E-state index contributed by atoms with van der Waals surface area (Å²) in [6.07, 6.45) is 8.39. The van der Waals surface area contributed by atoms with Gasteiger partial charge in [0.05, 0.1) is 12.1 Å². The molecule has 102 valence electrons. The lowest BCUT2D eigenvalue weighted by molar-refractivity contribution is 0.188. The molecule has 0 saturated carbocycles. The summed E-state index contributed by atoms with van der Waals surface area (Å²) in [5.74, 6) is 0. The topological polar surface area (TPSA) is 32.3 Å². The summed E-state index contributed by atoms with van der Waals surface area (Å²) in [5.41, 5.74) is 3.95. The van der Waals surface area contributed by atoms with Crippen LogP contribution >= 0.6 is 0 Å². The smallest absolute Gasteiger partial charge is 0.0636 e. The Balaban J connectivity index is 2.23. The van der Waals surface area contributed by atoms with Crippen LogP contribution in [0.2, 0.25) is 0 Å². The molecule has 0 fully saturated rings. The number of aryl methyl sites for hydroxylation is 1. The summed E-state index contributed by atoms with van der Waals surface area (Å²) < 4.78 is 0. The fourth-order valence-corrected chi connectivity index (χ4v) is 2.46. The number of aliphatic hydroxyl groups excluding tert-OH is 1. The third-order valence-electron chi connectivity index (χ3n) is 3.41. The van der Waals surface area contributed by atoms with Gasteiger partial charge in [-0.15, -0.1) is 0 Å². The van der Waals surface area contributed by atoms with Crippen LogP contribution in [0, 0.1) is 6.92 Å². The molecule has 2 nitrogen and oxygen atoms in total. The Morgan fingerprint density at radius 2 is 2.21 bits per heavy atom. The maximum absolute atomic E-state index is 9.51. The molecule has 0 amide bonds. The van der Waals surface area contributed by atoms with Crippen LogP contribution in [0.25, 0.3) is 0 Å². The minimum absolute atomic E-state index is 0.208. The average Bonchev–Trinajstić information content (AvgIpc) is 2.40. The molecule has 0 radical (unpaired) electrons. The van der Waals surface area contributed by atoms with Crippen LogP contribution in [0.4, 0.5) is 0 Å². The first-order chi connectivity index (χ1) is 9.16. The van der Waals surface area contributed by atoms with Gasteiger partial charge in [-0.3, -0.25) is 0 Å². The van der Waals surface area contributed by atoms with Crippen molar-refractivity contribution in [3.63, 3.8) is 0 Å². The van der Waals surface area contributed by atoms with Crippen molar-refractivity contribution in [1.82, 2.24) is 5.32 Å². The van der Waals surface area contributed by atoms with E-state index in [1.54, 1.807) is 0 Å². The third kappa shape index (κ3) is 4.05. The van der Waals surface area contributed by atoms with E-state index in [0.29, 0.717) is 6.54 Å². The summed E-state index contributed by atoms with van der Waals surface area (Å²) in [6, 6.07) is 8.80. The normalized spacial score (nSPS) is 17.9. The second-order valence-electron chi connectivity index (χ2n) is 5.31. The largest absolute Gasteiger partial charge is 0.392 e. The van der Waals surface area contributed by atoms with E-state index in [0.717, 1.165) is 12.8 Å². The van der Waals surface area contributed by atoms with Gasteiger partial charge in [0.2, 0.25) is 0 Å². The molecule has 2 N–H and O–H groups in total. The molecule has 2 atom stereocenters. The molecule has 1 aliphatic rings. The Morgan fingerprint density at radius 3 is 2.84 bits per heavy atom. The molecular formula is C17H23NO. The molecule has 2 rings (SSSR count). The van der Waals surface area contributed by atoms with E-state index in [4.69, 9.17) is 0 Å². The predicted molar refractivity (Wildman–Crippen MR) is 80.1 cm³/mol. The molecule has 1 aliphatic carbocycles. The quantitative estimate of drug-likeness (QED) is 0.848. The molecule has 1 aromatic carbocycles. The maximum Gasteiger partial charge on any atom is 0.0636 e. The number of aliphatic hydroxyl groups is 1. The summed E-state index contributed by atoms with van der Waals surface area (Å²) in [4.78, 5) is 0. The van der Waals surface area contributed by atoms with E-state index >= 15 is 0 Å². The Bertz CT molecular complexity index is 474. The number of rotatable bonds is 5. The third-order valence-corrected chi connectivity index (χ3v) is 3.41. The monoisotopic (exact) mass is 257 g/mol. The summed E-state index contributed by atoms with van der Waals surface area (Å²) in [5, 5.41) is 13.0. The first-order valence-corrected chi connectivity index (χ1v) is 7.00. The second-order valence-corrected chi connectivity index (χ2v) is 5.31. The van der Waals surface area contributed by atoms with E-state index < -0.39 is 0 Å². The second kappa shape index (κ2) is 6.69. The van der Waals surface area contributed by atoms with Gasteiger partial charge in [-0.1, -0.05) is 48.1 Å². The summed E-state index contributed by atoms with van der Waals surface area (Å²) >= 11 is 0. The van der Waals surface area contributed by atoms with Gasteiger partial charge in [-0.05, 0) is 37.8 Å². The van der Waals surface area contributed by atoms with Gasteiger partial charge in [0.25, 0.3) is 0 Å². The molecule has 2 heteroatoms. The molecule has 0 aromatic heterocycles. The average molecular weight is 257 g/mol. The predicted octanol–water partition coefficient (Wildman–Crippen LogP) is 3.28. The van der Waals surface area contributed by atoms with E-state index in [1.165, 1.54) is 16.7 Å². The van der Waals surface area contributed by atoms with Crippen LogP contribution < -0.4 is 5.32 Å². The summed E-state index contributed by atoms with van der Waals surface area (Å²) in [7, 11) is 0. The zero-order valence-corrected chi connectivity index (χ0v) is 11.8. The number of allylic oxidation sites excluding steroid dienone is 3.